The summed E-state index contributed by atoms with van der Waals surface area (Å²) in [5, 5.41) is 17.1. The quantitative estimate of drug-likeness (QED) is 0.491. The second kappa shape index (κ2) is 3.69. The molecule has 91 valence electrons. The second-order valence-electron chi connectivity index (χ2n) is 5.03. The molecule has 0 amide bonds. The van der Waals surface area contributed by atoms with Crippen molar-refractivity contribution in [1.29, 1.82) is 0 Å². The largest absolute Gasteiger partial charge is 0.388 e. The average molecular weight is 245 g/mol. The van der Waals surface area contributed by atoms with Gasteiger partial charge in [-0.3, -0.25) is 0 Å². The summed E-state index contributed by atoms with van der Waals surface area (Å²) in [5.74, 6) is 0. The minimum atomic E-state index is -0.690. The van der Waals surface area contributed by atoms with Gasteiger partial charge in [0.1, 0.15) is 0 Å². The van der Waals surface area contributed by atoms with Gasteiger partial charge in [-0.05, 0) is 44.8 Å². The van der Waals surface area contributed by atoms with Crippen LogP contribution in [0.15, 0.2) is 54.6 Å². The van der Waals surface area contributed by atoms with Gasteiger partial charge in [0.25, 0.3) is 0 Å². The molecule has 1 heteroatoms. The predicted molar refractivity (Wildman–Crippen MR) is 80.5 cm³/mol. The molecule has 4 rings (SSSR count). The lowest BCUT2D eigenvalue weighted by molar-refractivity contribution is 0.227. The summed E-state index contributed by atoms with van der Waals surface area (Å²) in [6, 6.07) is 18.9. The maximum Gasteiger partial charge on any atom is 0.0797 e. The van der Waals surface area contributed by atoms with E-state index in [9.17, 15) is 5.11 Å². The van der Waals surface area contributed by atoms with E-state index in [2.05, 4.69) is 55.5 Å². The summed E-state index contributed by atoms with van der Waals surface area (Å²) in [7, 11) is 0. The van der Waals surface area contributed by atoms with Crippen molar-refractivity contribution in [3.05, 3.63) is 67.1 Å². The van der Waals surface area contributed by atoms with Gasteiger partial charge in [0.2, 0.25) is 0 Å². The lowest BCUT2D eigenvalue weighted by Crippen LogP contribution is -1.94. The van der Waals surface area contributed by atoms with E-state index in [1.165, 1.54) is 26.9 Å². The summed E-state index contributed by atoms with van der Waals surface area (Å²) < 4.78 is 0. The van der Waals surface area contributed by atoms with Crippen molar-refractivity contribution in [3.8, 4) is 0 Å². The molecule has 0 spiro atoms. The van der Waals surface area contributed by atoms with E-state index in [-0.39, 0.29) is 0 Å². The summed E-state index contributed by atoms with van der Waals surface area (Å²) >= 11 is 0. The molecule has 1 atom stereocenters. The first-order valence-corrected chi connectivity index (χ1v) is 6.43. The molecule has 0 saturated heterocycles. The van der Waals surface area contributed by atoms with Crippen molar-refractivity contribution < 1.29 is 5.11 Å². The molecule has 0 bridgehead atoms. The highest BCUT2D eigenvalue weighted by Crippen LogP contribution is 2.37. The second-order valence-corrected chi connectivity index (χ2v) is 5.03. The molecule has 1 unspecified atom stereocenters. The number of hydrogen-bond donors (Lipinski definition) is 1. The van der Waals surface area contributed by atoms with Crippen LogP contribution in [0.4, 0.5) is 0 Å². The number of hydrogen-bond acceptors (Lipinski definition) is 1. The number of aliphatic hydroxyl groups excluding tert-OH is 1. The summed E-state index contributed by atoms with van der Waals surface area (Å²) in [5.41, 5.74) is 0.894. The first-order valence-electron chi connectivity index (χ1n) is 6.43. The van der Waals surface area contributed by atoms with Crippen LogP contribution in [0.2, 0.25) is 0 Å². The zero-order chi connectivity index (χ0) is 13.0. The zero-order valence-electron chi connectivity index (χ0n) is 10.4. The molecule has 4 aromatic carbocycles. The van der Waals surface area contributed by atoms with Gasteiger partial charge in [-0.25, -0.2) is 0 Å². The normalized spacial score (nSPS) is 13.6. The zero-order valence-corrected chi connectivity index (χ0v) is 10.4. The summed E-state index contributed by atoms with van der Waals surface area (Å²) in [4.78, 5) is 0. The standard InChI is InChI=1S/C18H13O/c1-11(19)15-9-7-14-6-5-12-3-2-4-13-8-10-16(15)18(14)17(12)13/h2-11,19H,1H2. The van der Waals surface area contributed by atoms with Crippen LogP contribution >= 0.6 is 0 Å². The Bertz CT molecular complexity index is 874. The predicted octanol–water partition coefficient (Wildman–Crippen LogP) is 4.45. The SMILES string of the molecule is [CH2]C(O)c1ccc2ccc3cccc4ccc1c2c34. The molecule has 1 radical (unpaired) electrons. The fourth-order valence-corrected chi connectivity index (χ4v) is 3.05. The highest BCUT2D eigenvalue weighted by atomic mass is 16.3. The molecule has 0 heterocycles. The van der Waals surface area contributed by atoms with Crippen LogP contribution in [-0.4, -0.2) is 5.11 Å². The average Bonchev–Trinajstić information content (AvgIpc) is 2.44. The van der Waals surface area contributed by atoms with Crippen molar-refractivity contribution in [2.24, 2.45) is 0 Å². The highest BCUT2D eigenvalue weighted by molar-refractivity contribution is 6.23. The smallest absolute Gasteiger partial charge is 0.0797 e. The molecular formula is C18H13O. The maximum absolute atomic E-state index is 9.84. The van der Waals surface area contributed by atoms with E-state index in [1.54, 1.807) is 0 Å². The summed E-state index contributed by atoms with van der Waals surface area (Å²) in [6.45, 7) is 3.75. The van der Waals surface area contributed by atoms with E-state index < -0.39 is 6.10 Å². The van der Waals surface area contributed by atoms with Crippen LogP contribution in [0.5, 0.6) is 0 Å². The molecule has 4 aromatic rings. The Kier molecular flexibility index (Phi) is 2.09. The highest BCUT2D eigenvalue weighted by Gasteiger charge is 2.12. The molecule has 0 aliphatic carbocycles. The van der Waals surface area contributed by atoms with Crippen LogP contribution < -0.4 is 0 Å². The lowest BCUT2D eigenvalue weighted by atomic mass is 9.91. The topological polar surface area (TPSA) is 20.2 Å². The molecule has 1 N–H and O–H groups in total. The third kappa shape index (κ3) is 1.39. The number of benzene rings is 4. The van der Waals surface area contributed by atoms with Crippen molar-refractivity contribution in [2.75, 3.05) is 0 Å². The Morgan fingerprint density at radius 2 is 1.32 bits per heavy atom. The lowest BCUT2D eigenvalue weighted by Gasteiger charge is -2.15. The third-order valence-corrected chi connectivity index (χ3v) is 3.92. The van der Waals surface area contributed by atoms with Crippen molar-refractivity contribution >= 4 is 32.3 Å². The monoisotopic (exact) mass is 245 g/mol. The van der Waals surface area contributed by atoms with Crippen LogP contribution in [0.1, 0.15) is 11.7 Å². The van der Waals surface area contributed by atoms with Gasteiger partial charge in [-0.1, -0.05) is 54.6 Å². The Balaban J connectivity index is 2.35. The fraction of sp³-hybridized carbons (Fsp3) is 0.0556. The van der Waals surface area contributed by atoms with E-state index in [4.69, 9.17) is 0 Å². The van der Waals surface area contributed by atoms with Gasteiger partial charge in [-0.15, -0.1) is 0 Å². The maximum atomic E-state index is 9.84. The third-order valence-electron chi connectivity index (χ3n) is 3.92. The molecule has 0 aromatic heterocycles. The van der Waals surface area contributed by atoms with Crippen molar-refractivity contribution in [2.45, 2.75) is 6.10 Å². The Hall–Kier alpha value is -2.12. The molecule has 0 aliphatic rings. The Morgan fingerprint density at radius 1 is 0.737 bits per heavy atom. The molecular weight excluding hydrogens is 232 g/mol. The number of rotatable bonds is 1. The Labute approximate surface area is 111 Å². The molecule has 19 heavy (non-hydrogen) atoms. The van der Waals surface area contributed by atoms with Gasteiger partial charge in [0.15, 0.2) is 0 Å². The first-order chi connectivity index (χ1) is 9.25. The van der Waals surface area contributed by atoms with Gasteiger partial charge >= 0.3 is 0 Å². The minimum Gasteiger partial charge on any atom is -0.388 e. The van der Waals surface area contributed by atoms with Gasteiger partial charge < -0.3 is 5.11 Å². The van der Waals surface area contributed by atoms with Crippen LogP contribution in [0, 0.1) is 6.92 Å². The first kappa shape index (κ1) is 10.8. The molecule has 0 fully saturated rings. The van der Waals surface area contributed by atoms with Gasteiger partial charge in [-0.2, -0.15) is 0 Å². The fourth-order valence-electron chi connectivity index (χ4n) is 3.05. The van der Waals surface area contributed by atoms with E-state index in [1.807, 2.05) is 6.07 Å². The number of aliphatic hydroxyl groups is 1. The van der Waals surface area contributed by atoms with Crippen molar-refractivity contribution in [1.82, 2.24) is 0 Å². The van der Waals surface area contributed by atoms with E-state index in [0.29, 0.717) is 0 Å². The van der Waals surface area contributed by atoms with E-state index in [0.717, 1.165) is 10.9 Å². The molecule has 0 saturated carbocycles. The van der Waals surface area contributed by atoms with Crippen molar-refractivity contribution in [3.63, 3.8) is 0 Å². The molecule has 1 nitrogen and oxygen atoms in total. The van der Waals surface area contributed by atoms with Crippen LogP contribution in [0.3, 0.4) is 0 Å². The van der Waals surface area contributed by atoms with Gasteiger partial charge in [0, 0.05) is 0 Å². The Morgan fingerprint density at radius 3 is 2.00 bits per heavy atom. The summed E-state index contributed by atoms with van der Waals surface area (Å²) in [6.07, 6.45) is -0.690. The van der Waals surface area contributed by atoms with Crippen LogP contribution in [-0.2, 0) is 0 Å². The molecule has 0 aliphatic heterocycles. The van der Waals surface area contributed by atoms with E-state index >= 15 is 0 Å². The minimum absolute atomic E-state index is 0.690. The van der Waals surface area contributed by atoms with Gasteiger partial charge in [0.05, 0.1) is 6.10 Å². The van der Waals surface area contributed by atoms with Crippen LogP contribution in [0.25, 0.3) is 32.3 Å².